The van der Waals surface area contributed by atoms with Crippen molar-refractivity contribution in [2.24, 2.45) is 0 Å². The highest BCUT2D eigenvalue weighted by molar-refractivity contribution is 9.10. The van der Waals surface area contributed by atoms with E-state index in [1.54, 1.807) is 13.2 Å². The zero-order valence-corrected chi connectivity index (χ0v) is 11.9. The van der Waals surface area contributed by atoms with Crippen LogP contribution < -0.4 is 4.74 Å². The van der Waals surface area contributed by atoms with Gasteiger partial charge in [0.15, 0.2) is 6.29 Å². The molecule has 0 aliphatic heterocycles. The molecule has 2 aromatic rings. The third-order valence-electron chi connectivity index (χ3n) is 2.57. The van der Waals surface area contributed by atoms with Gasteiger partial charge >= 0.3 is 0 Å². The first-order valence-electron chi connectivity index (χ1n) is 5.64. The second kappa shape index (κ2) is 6.21. The summed E-state index contributed by atoms with van der Waals surface area (Å²) in [5, 5.41) is 0. The van der Waals surface area contributed by atoms with Crippen LogP contribution in [0.15, 0.2) is 46.9 Å². The molecule has 0 fully saturated rings. The van der Waals surface area contributed by atoms with Gasteiger partial charge in [-0.3, -0.25) is 4.79 Å². The molecule has 2 rings (SSSR count). The van der Waals surface area contributed by atoms with E-state index in [9.17, 15) is 4.79 Å². The number of rotatable bonds is 2. The molecule has 0 atom stereocenters. The summed E-state index contributed by atoms with van der Waals surface area (Å²) in [5.41, 5.74) is 2.17. The van der Waals surface area contributed by atoms with E-state index in [0.717, 1.165) is 22.1 Å². The summed E-state index contributed by atoms with van der Waals surface area (Å²) >= 11 is 3.33. The minimum absolute atomic E-state index is 0.579. The summed E-state index contributed by atoms with van der Waals surface area (Å²) in [6, 6.07) is 12.9. The minimum atomic E-state index is 0.579. The van der Waals surface area contributed by atoms with Gasteiger partial charge in [0.05, 0.1) is 7.11 Å². The third kappa shape index (κ3) is 3.46. The summed E-state index contributed by atoms with van der Waals surface area (Å²) < 4.78 is 5.95. The molecule has 0 bridgehead atoms. The molecule has 0 N–H and O–H groups in total. The Morgan fingerprint density at radius 2 is 1.84 bits per heavy atom. The Balaban J connectivity index is 2.30. The van der Waals surface area contributed by atoms with Gasteiger partial charge in [0.2, 0.25) is 0 Å². The lowest BCUT2D eigenvalue weighted by Gasteiger charge is -1.98. The van der Waals surface area contributed by atoms with Crippen molar-refractivity contribution in [1.82, 2.24) is 0 Å². The molecule has 0 saturated heterocycles. The maximum absolute atomic E-state index is 11.0. The van der Waals surface area contributed by atoms with Crippen LogP contribution in [0.3, 0.4) is 0 Å². The molecule has 3 heteroatoms. The van der Waals surface area contributed by atoms with Crippen LogP contribution >= 0.6 is 15.9 Å². The Labute approximate surface area is 120 Å². The van der Waals surface area contributed by atoms with E-state index >= 15 is 0 Å². The lowest BCUT2D eigenvalue weighted by molar-refractivity contribution is 0.112. The Kier molecular flexibility index (Phi) is 4.38. The van der Waals surface area contributed by atoms with Crippen molar-refractivity contribution in [3.05, 3.63) is 63.6 Å². The third-order valence-corrected chi connectivity index (χ3v) is 3.07. The molecular formula is C16H11BrO2. The van der Waals surface area contributed by atoms with E-state index in [1.165, 1.54) is 0 Å². The average molecular weight is 315 g/mol. The number of carbonyl (C=O) groups is 1. The Hall–Kier alpha value is -2.05. The van der Waals surface area contributed by atoms with E-state index in [4.69, 9.17) is 4.74 Å². The fourth-order valence-corrected chi connectivity index (χ4v) is 1.94. The summed E-state index contributed by atoms with van der Waals surface area (Å²) in [7, 11) is 1.62. The summed E-state index contributed by atoms with van der Waals surface area (Å²) in [4.78, 5) is 11.0. The van der Waals surface area contributed by atoms with E-state index in [0.29, 0.717) is 11.1 Å². The largest absolute Gasteiger partial charge is 0.497 e. The number of hydrogen-bond acceptors (Lipinski definition) is 2. The van der Waals surface area contributed by atoms with Gasteiger partial charge in [0.25, 0.3) is 0 Å². The normalized spacial score (nSPS) is 9.37. The van der Waals surface area contributed by atoms with Gasteiger partial charge in [-0.2, -0.15) is 0 Å². The quantitative estimate of drug-likeness (QED) is 0.624. The molecule has 0 aromatic heterocycles. The van der Waals surface area contributed by atoms with Crippen LogP contribution in [0.1, 0.15) is 21.5 Å². The maximum Gasteiger partial charge on any atom is 0.151 e. The van der Waals surface area contributed by atoms with Crippen LogP contribution in [0.5, 0.6) is 5.75 Å². The van der Waals surface area contributed by atoms with Crippen molar-refractivity contribution in [1.29, 1.82) is 0 Å². The van der Waals surface area contributed by atoms with Gasteiger partial charge in [-0.1, -0.05) is 27.8 Å². The lowest BCUT2D eigenvalue weighted by Crippen LogP contribution is -1.87. The average Bonchev–Trinajstić information content (AvgIpc) is 2.46. The molecule has 2 nitrogen and oxygen atoms in total. The number of methoxy groups -OCH3 is 1. The second-order valence-corrected chi connectivity index (χ2v) is 4.74. The molecule has 0 radical (unpaired) electrons. The van der Waals surface area contributed by atoms with Crippen LogP contribution in [0.25, 0.3) is 0 Å². The van der Waals surface area contributed by atoms with Crippen molar-refractivity contribution >= 4 is 22.2 Å². The molecule has 0 heterocycles. The van der Waals surface area contributed by atoms with Crippen LogP contribution in [0.2, 0.25) is 0 Å². The van der Waals surface area contributed by atoms with Gasteiger partial charge in [0, 0.05) is 21.2 Å². The predicted molar refractivity (Wildman–Crippen MR) is 78.5 cm³/mol. The molecule has 0 aliphatic carbocycles. The van der Waals surface area contributed by atoms with Gasteiger partial charge in [0.1, 0.15) is 5.75 Å². The number of benzene rings is 2. The zero-order valence-electron chi connectivity index (χ0n) is 10.3. The van der Waals surface area contributed by atoms with Gasteiger partial charge in [-0.05, 0) is 42.5 Å². The Bertz CT molecular complexity index is 649. The monoisotopic (exact) mass is 314 g/mol. The Morgan fingerprint density at radius 3 is 2.47 bits per heavy atom. The first-order valence-corrected chi connectivity index (χ1v) is 6.43. The van der Waals surface area contributed by atoms with Gasteiger partial charge in [-0.15, -0.1) is 0 Å². The number of carbonyl (C=O) groups excluding carboxylic acids is 1. The smallest absolute Gasteiger partial charge is 0.151 e. The first kappa shape index (κ1) is 13.4. The van der Waals surface area contributed by atoms with Crippen molar-refractivity contribution in [3.63, 3.8) is 0 Å². The number of aldehydes is 1. The molecule has 0 saturated carbocycles. The molecule has 0 spiro atoms. The molecule has 19 heavy (non-hydrogen) atoms. The van der Waals surface area contributed by atoms with Crippen LogP contribution in [0, 0.1) is 11.8 Å². The van der Waals surface area contributed by atoms with Crippen molar-refractivity contribution < 1.29 is 9.53 Å². The topological polar surface area (TPSA) is 26.3 Å². The number of halogens is 1. The molecular weight excluding hydrogens is 304 g/mol. The van der Waals surface area contributed by atoms with E-state index < -0.39 is 0 Å². The van der Waals surface area contributed by atoms with Gasteiger partial charge < -0.3 is 4.74 Å². The highest BCUT2D eigenvalue weighted by Crippen LogP contribution is 2.15. The zero-order chi connectivity index (χ0) is 13.7. The number of hydrogen-bond donors (Lipinski definition) is 0. The van der Waals surface area contributed by atoms with Crippen LogP contribution in [0.4, 0.5) is 0 Å². The molecule has 0 aliphatic rings. The van der Waals surface area contributed by atoms with Crippen molar-refractivity contribution in [3.8, 4) is 17.6 Å². The minimum Gasteiger partial charge on any atom is -0.497 e. The van der Waals surface area contributed by atoms with Gasteiger partial charge in [-0.25, -0.2) is 0 Å². The van der Waals surface area contributed by atoms with E-state index in [-0.39, 0.29) is 0 Å². The fourth-order valence-electron chi connectivity index (χ4n) is 1.56. The van der Waals surface area contributed by atoms with Crippen molar-refractivity contribution in [2.75, 3.05) is 7.11 Å². The van der Waals surface area contributed by atoms with E-state index in [2.05, 4.69) is 27.8 Å². The predicted octanol–water partition coefficient (Wildman–Crippen LogP) is 3.67. The second-order valence-electron chi connectivity index (χ2n) is 3.83. The molecule has 2 aromatic carbocycles. The van der Waals surface area contributed by atoms with Crippen LogP contribution in [-0.4, -0.2) is 13.4 Å². The Morgan fingerprint density at radius 1 is 1.11 bits per heavy atom. The summed E-state index contributed by atoms with van der Waals surface area (Å²) in [6.07, 6.45) is 0.808. The molecule has 94 valence electrons. The highest BCUT2D eigenvalue weighted by atomic mass is 79.9. The summed E-state index contributed by atoms with van der Waals surface area (Å²) in [6.45, 7) is 0. The maximum atomic E-state index is 11.0. The molecule has 0 unspecified atom stereocenters. The van der Waals surface area contributed by atoms with Crippen molar-refractivity contribution in [2.45, 2.75) is 0 Å². The SMILES string of the molecule is COc1ccc(C#Cc2ccc(Br)cc2C=O)cc1. The summed E-state index contributed by atoms with van der Waals surface area (Å²) in [5.74, 6) is 6.82. The number of ether oxygens (including phenoxy) is 1. The first-order chi connectivity index (χ1) is 9.22. The molecule has 0 amide bonds. The highest BCUT2D eigenvalue weighted by Gasteiger charge is 1.99. The fraction of sp³-hybridized carbons (Fsp3) is 0.0625. The van der Waals surface area contributed by atoms with Crippen LogP contribution in [-0.2, 0) is 0 Å². The van der Waals surface area contributed by atoms with E-state index in [1.807, 2.05) is 36.4 Å². The standard InChI is InChI=1S/C16H11BrO2/c1-19-16-8-3-12(4-9-16)2-5-13-6-7-15(17)10-14(13)11-18/h3-4,6-11H,1H3. The lowest BCUT2D eigenvalue weighted by atomic mass is 10.1.